The van der Waals surface area contributed by atoms with E-state index in [4.69, 9.17) is 15.1 Å². The maximum absolute atomic E-state index is 8.74. The maximum Gasteiger partial charge on any atom is 0.151 e. The molecule has 1 N–H and O–H groups in total. The fraction of sp³-hybridized carbons (Fsp3) is 0.421. The molecule has 0 amide bonds. The Hall–Kier alpha value is -2.03. The lowest BCUT2D eigenvalue weighted by molar-refractivity contribution is 0.0362. The highest BCUT2D eigenvalue weighted by Gasteiger charge is 2.17. The molecule has 1 saturated heterocycles. The van der Waals surface area contributed by atoms with Crippen molar-refractivity contribution in [2.45, 2.75) is 20.4 Å². The molecule has 7 nitrogen and oxygen atoms in total. The Morgan fingerprint density at radius 1 is 1.15 bits per heavy atom. The molecule has 0 aromatic carbocycles. The van der Waals surface area contributed by atoms with Crippen LogP contribution in [0.25, 0.3) is 16.9 Å². The molecule has 4 rings (SSSR count). The summed E-state index contributed by atoms with van der Waals surface area (Å²) >= 11 is 3.43. The van der Waals surface area contributed by atoms with Gasteiger partial charge in [0.1, 0.15) is 11.3 Å². The van der Waals surface area contributed by atoms with E-state index in [1.54, 1.807) is 12.5 Å². The van der Waals surface area contributed by atoms with Crippen LogP contribution in [0.15, 0.2) is 29.1 Å². The highest BCUT2D eigenvalue weighted by molar-refractivity contribution is 9.10. The summed E-state index contributed by atoms with van der Waals surface area (Å²) in [5, 5.41) is 9.63. The van der Waals surface area contributed by atoms with Crippen molar-refractivity contribution in [3.05, 3.63) is 45.9 Å². The summed E-state index contributed by atoms with van der Waals surface area (Å²) < 4.78 is 10.3. The van der Waals surface area contributed by atoms with Gasteiger partial charge in [-0.15, -0.1) is 0 Å². The van der Waals surface area contributed by atoms with Crippen molar-refractivity contribution in [1.29, 1.82) is 5.41 Å². The first-order valence-electron chi connectivity index (χ1n) is 9.10. The van der Waals surface area contributed by atoms with Gasteiger partial charge in [-0.1, -0.05) is 0 Å². The van der Waals surface area contributed by atoms with Gasteiger partial charge >= 0.3 is 0 Å². The van der Waals surface area contributed by atoms with Gasteiger partial charge < -0.3 is 9.30 Å². The van der Waals surface area contributed by atoms with Gasteiger partial charge in [-0.05, 0) is 47.5 Å². The molecule has 0 atom stereocenters. The number of ether oxygens (including phenoxy) is 1. The number of rotatable bonds is 4. The maximum atomic E-state index is 8.74. The van der Waals surface area contributed by atoms with Crippen LogP contribution in [0.5, 0.6) is 0 Å². The molecule has 27 heavy (non-hydrogen) atoms. The smallest absolute Gasteiger partial charge is 0.151 e. The minimum absolute atomic E-state index is 0.504. The molecule has 8 heteroatoms. The van der Waals surface area contributed by atoms with Gasteiger partial charge in [-0.2, -0.15) is 0 Å². The Morgan fingerprint density at radius 2 is 1.93 bits per heavy atom. The number of pyridine rings is 1. The van der Waals surface area contributed by atoms with Crippen LogP contribution in [0.3, 0.4) is 0 Å². The minimum Gasteiger partial charge on any atom is -0.379 e. The quantitative estimate of drug-likeness (QED) is 0.689. The molecule has 0 spiro atoms. The molecule has 3 aromatic heterocycles. The van der Waals surface area contributed by atoms with E-state index >= 15 is 0 Å². The van der Waals surface area contributed by atoms with Crippen molar-refractivity contribution in [2.24, 2.45) is 0 Å². The average Bonchev–Trinajstić information content (AvgIpc) is 2.94. The summed E-state index contributed by atoms with van der Waals surface area (Å²) in [5.74, 6) is 0.812. The van der Waals surface area contributed by atoms with Gasteiger partial charge in [0.25, 0.3) is 0 Å². The van der Waals surface area contributed by atoms with Gasteiger partial charge in [0, 0.05) is 42.5 Å². The molecule has 4 heterocycles. The molecular formula is C19H23BrN6O. The van der Waals surface area contributed by atoms with Crippen molar-refractivity contribution < 1.29 is 4.74 Å². The van der Waals surface area contributed by atoms with Crippen LogP contribution in [0.2, 0.25) is 0 Å². The van der Waals surface area contributed by atoms with Gasteiger partial charge in [0.2, 0.25) is 0 Å². The first kappa shape index (κ1) is 18.3. The Balaban J connectivity index is 1.72. The van der Waals surface area contributed by atoms with Crippen LogP contribution in [-0.2, 0) is 11.3 Å². The lowest BCUT2D eigenvalue weighted by atomic mass is 10.2. The molecule has 0 saturated carbocycles. The van der Waals surface area contributed by atoms with Crippen LogP contribution in [0.1, 0.15) is 11.3 Å². The monoisotopic (exact) mass is 430 g/mol. The zero-order valence-electron chi connectivity index (χ0n) is 15.6. The zero-order valence-corrected chi connectivity index (χ0v) is 17.2. The Labute approximate surface area is 166 Å². The van der Waals surface area contributed by atoms with Crippen molar-refractivity contribution in [3.8, 4) is 5.82 Å². The molecule has 0 radical (unpaired) electrons. The first-order valence-corrected chi connectivity index (χ1v) is 9.89. The summed E-state index contributed by atoms with van der Waals surface area (Å²) in [6.45, 7) is 9.24. The van der Waals surface area contributed by atoms with Gasteiger partial charge in [0.15, 0.2) is 5.65 Å². The van der Waals surface area contributed by atoms with Crippen LogP contribution in [0.4, 0.5) is 0 Å². The summed E-state index contributed by atoms with van der Waals surface area (Å²) in [6, 6.07) is 3.93. The minimum atomic E-state index is 0.504. The third-order valence-electron chi connectivity index (χ3n) is 5.23. The molecule has 0 unspecified atom stereocenters. The fourth-order valence-corrected chi connectivity index (χ4v) is 3.78. The lowest BCUT2D eigenvalue weighted by Crippen LogP contribution is -2.39. The van der Waals surface area contributed by atoms with E-state index in [0.29, 0.717) is 5.49 Å². The predicted molar refractivity (Wildman–Crippen MR) is 107 cm³/mol. The number of halogens is 1. The molecule has 1 aliphatic rings. The predicted octanol–water partition coefficient (Wildman–Crippen LogP) is 2.41. The third-order valence-corrected chi connectivity index (χ3v) is 5.70. The van der Waals surface area contributed by atoms with Crippen molar-refractivity contribution >= 4 is 27.0 Å². The number of aromatic nitrogens is 4. The van der Waals surface area contributed by atoms with Crippen LogP contribution in [-0.4, -0.2) is 56.9 Å². The van der Waals surface area contributed by atoms with E-state index < -0.39 is 0 Å². The number of hydrogen-bond donors (Lipinski definition) is 1. The number of hydrogen-bond acceptors (Lipinski definition) is 5. The number of aryl methyl sites for hydroxylation is 1. The summed E-state index contributed by atoms with van der Waals surface area (Å²) in [7, 11) is 0. The fourth-order valence-electron chi connectivity index (χ4n) is 3.54. The van der Waals surface area contributed by atoms with Gasteiger partial charge in [-0.3, -0.25) is 14.9 Å². The standard InChI is InChI=1S/C19H23BrN6O/c1-13-14(2)26(16-4-3-15(20)11-22-16)19-17(13)18(21)25(12-23-19)6-5-24-7-9-27-10-8-24/h3-4,11-12,21H,5-10H2,1-2H3. The average molecular weight is 431 g/mol. The molecule has 1 fully saturated rings. The van der Waals surface area contributed by atoms with Crippen molar-refractivity contribution in [1.82, 2.24) is 24.0 Å². The second-order valence-electron chi connectivity index (χ2n) is 6.82. The Morgan fingerprint density at radius 3 is 2.63 bits per heavy atom. The molecule has 142 valence electrons. The van der Waals surface area contributed by atoms with Crippen molar-refractivity contribution in [3.63, 3.8) is 0 Å². The van der Waals surface area contributed by atoms with Crippen molar-refractivity contribution in [2.75, 3.05) is 32.8 Å². The summed E-state index contributed by atoms with van der Waals surface area (Å²) in [4.78, 5) is 11.6. The highest BCUT2D eigenvalue weighted by Crippen LogP contribution is 2.24. The Kier molecular flexibility index (Phi) is 5.12. The van der Waals surface area contributed by atoms with E-state index in [1.807, 2.05) is 21.3 Å². The molecule has 0 bridgehead atoms. The topological polar surface area (TPSA) is 72.0 Å². The molecular weight excluding hydrogens is 408 g/mol. The van der Waals surface area contributed by atoms with E-state index in [2.05, 4.69) is 39.7 Å². The number of morpholine rings is 1. The van der Waals surface area contributed by atoms with E-state index in [9.17, 15) is 0 Å². The Bertz CT molecular complexity index is 1020. The second kappa shape index (κ2) is 7.53. The highest BCUT2D eigenvalue weighted by atomic mass is 79.9. The number of nitrogens with zero attached hydrogens (tertiary/aromatic N) is 5. The van der Waals surface area contributed by atoms with Crippen LogP contribution < -0.4 is 5.49 Å². The van der Waals surface area contributed by atoms with Gasteiger partial charge in [0.05, 0.1) is 24.9 Å². The first-order chi connectivity index (χ1) is 13.1. The van der Waals surface area contributed by atoms with E-state index in [-0.39, 0.29) is 0 Å². The molecule has 3 aromatic rings. The lowest BCUT2D eigenvalue weighted by Gasteiger charge is -2.26. The largest absolute Gasteiger partial charge is 0.379 e. The summed E-state index contributed by atoms with van der Waals surface area (Å²) in [5.41, 5.74) is 3.43. The van der Waals surface area contributed by atoms with E-state index in [1.165, 1.54) is 0 Å². The van der Waals surface area contributed by atoms with Crippen LogP contribution >= 0.6 is 15.9 Å². The SMILES string of the molecule is Cc1c(C)n(-c2ccc(Br)cn2)c2ncn(CCN3CCOCC3)c(=N)c12. The molecule has 1 aliphatic heterocycles. The second-order valence-corrected chi connectivity index (χ2v) is 7.74. The number of fused-ring (bicyclic) bond motifs is 1. The number of nitrogens with one attached hydrogen (secondary N) is 1. The van der Waals surface area contributed by atoms with Crippen LogP contribution in [0, 0.1) is 19.3 Å². The zero-order chi connectivity index (χ0) is 19.0. The van der Waals surface area contributed by atoms with Gasteiger partial charge in [-0.25, -0.2) is 9.97 Å². The summed E-state index contributed by atoms with van der Waals surface area (Å²) in [6.07, 6.45) is 3.56. The molecule has 0 aliphatic carbocycles. The third kappa shape index (κ3) is 3.44. The normalized spacial score (nSPS) is 15.5. The van der Waals surface area contributed by atoms with E-state index in [0.717, 1.165) is 72.0 Å².